The van der Waals surface area contributed by atoms with Crippen molar-refractivity contribution in [1.29, 1.82) is 0 Å². The highest BCUT2D eigenvalue weighted by Crippen LogP contribution is 2.22. The molecule has 1 amide bonds. The van der Waals surface area contributed by atoms with E-state index < -0.39 is 0 Å². The van der Waals surface area contributed by atoms with Gasteiger partial charge in [0, 0.05) is 36.8 Å². The number of pyridine rings is 1. The summed E-state index contributed by atoms with van der Waals surface area (Å²) in [6.45, 7) is 2.45. The summed E-state index contributed by atoms with van der Waals surface area (Å²) in [5.74, 6) is 0.281. The molecule has 1 aliphatic rings. The third kappa shape index (κ3) is 5.28. The van der Waals surface area contributed by atoms with E-state index in [0.717, 1.165) is 49.6 Å². The van der Waals surface area contributed by atoms with Gasteiger partial charge in [-0.2, -0.15) is 0 Å². The van der Waals surface area contributed by atoms with Crippen LogP contribution in [0, 0.1) is 0 Å². The quantitative estimate of drug-likeness (QED) is 0.736. The number of carbonyl (C=O) groups is 1. The highest BCUT2D eigenvalue weighted by Gasteiger charge is 2.29. The lowest BCUT2D eigenvalue weighted by molar-refractivity contribution is -0.129. The standard InChI is InChI=1S/C20H24ClN3O/c21-17-6-4-16(5-7-17)11-14-24-19(8-9-20(24)25)10-13-22-15-18-3-1-2-12-23-18/h1-7,12,19,22H,8-11,13-15H2. The molecule has 0 bridgehead atoms. The van der Waals surface area contributed by atoms with Gasteiger partial charge in [-0.25, -0.2) is 0 Å². The smallest absolute Gasteiger partial charge is 0.222 e. The summed E-state index contributed by atoms with van der Waals surface area (Å²) in [6, 6.07) is 14.2. The van der Waals surface area contributed by atoms with Crippen LogP contribution in [0.1, 0.15) is 30.5 Å². The molecule has 2 heterocycles. The average Bonchev–Trinajstić information content (AvgIpc) is 2.99. The number of likely N-dealkylation sites (tertiary alicyclic amines) is 1. The number of benzene rings is 1. The van der Waals surface area contributed by atoms with Gasteiger partial charge in [-0.05, 0) is 55.6 Å². The maximum Gasteiger partial charge on any atom is 0.222 e. The fraction of sp³-hybridized carbons (Fsp3) is 0.400. The van der Waals surface area contributed by atoms with Gasteiger partial charge in [0.25, 0.3) is 0 Å². The number of carbonyl (C=O) groups excluding carboxylic acids is 1. The Kier molecular flexibility index (Phi) is 6.42. The van der Waals surface area contributed by atoms with Crippen molar-refractivity contribution in [2.45, 2.75) is 38.3 Å². The second kappa shape index (κ2) is 8.97. The van der Waals surface area contributed by atoms with Gasteiger partial charge in [0.15, 0.2) is 0 Å². The topological polar surface area (TPSA) is 45.2 Å². The second-order valence-corrected chi connectivity index (χ2v) is 6.88. The number of aromatic nitrogens is 1. The van der Waals surface area contributed by atoms with Gasteiger partial charge in [0.1, 0.15) is 0 Å². The zero-order valence-electron chi connectivity index (χ0n) is 14.3. The lowest BCUT2D eigenvalue weighted by Gasteiger charge is -2.25. The lowest BCUT2D eigenvalue weighted by Crippen LogP contribution is -2.36. The lowest BCUT2D eigenvalue weighted by atomic mass is 10.1. The summed E-state index contributed by atoms with van der Waals surface area (Å²) in [4.78, 5) is 18.5. The van der Waals surface area contributed by atoms with Crippen molar-refractivity contribution >= 4 is 17.5 Å². The van der Waals surface area contributed by atoms with Gasteiger partial charge in [-0.1, -0.05) is 29.8 Å². The molecule has 0 spiro atoms. The van der Waals surface area contributed by atoms with Crippen LogP contribution in [0.5, 0.6) is 0 Å². The van der Waals surface area contributed by atoms with Crippen molar-refractivity contribution in [3.8, 4) is 0 Å². The van der Waals surface area contributed by atoms with Crippen molar-refractivity contribution in [3.63, 3.8) is 0 Å². The molecule has 1 atom stereocenters. The molecule has 132 valence electrons. The fourth-order valence-corrected chi connectivity index (χ4v) is 3.42. The molecular formula is C20H24ClN3O. The summed E-state index contributed by atoms with van der Waals surface area (Å²) in [6.07, 6.45) is 5.31. The molecule has 0 radical (unpaired) electrons. The SMILES string of the molecule is O=C1CCC(CCNCc2ccccn2)N1CCc1ccc(Cl)cc1. The van der Waals surface area contributed by atoms with Crippen LogP contribution < -0.4 is 5.32 Å². The molecule has 5 heteroatoms. The van der Waals surface area contributed by atoms with Gasteiger partial charge in [0.05, 0.1) is 5.69 Å². The van der Waals surface area contributed by atoms with Crippen molar-refractivity contribution in [2.24, 2.45) is 0 Å². The Morgan fingerprint density at radius 1 is 1.20 bits per heavy atom. The van der Waals surface area contributed by atoms with Crippen molar-refractivity contribution in [3.05, 3.63) is 64.9 Å². The highest BCUT2D eigenvalue weighted by atomic mass is 35.5. The Hall–Kier alpha value is -1.91. The molecule has 1 N–H and O–H groups in total. The fourth-order valence-electron chi connectivity index (χ4n) is 3.29. The third-order valence-corrected chi connectivity index (χ3v) is 4.95. The summed E-state index contributed by atoms with van der Waals surface area (Å²) < 4.78 is 0. The molecule has 0 saturated carbocycles. The summed E-state index contributed by atoms with van der Waals surface area (Å²) in [5, 5.41) is 4.18. The number of hydrogen-bond acceptors (Lipinski definition) is 3. The first-order valence-corrected chi connectivity index (χ1v) is 9.25. The van der Waals surface area contributed by atoms with Crippen LogP contribution in [0.25, 0.3) is 0 Å². The molecule has 2 aromatic rings. The first-order valence-electron chi connectivity index (χ1n) is 8.87. The molecule has 1 saturated heterocycles. The van der Waals surface area contributed by atoms with Crippen LogP contribution in [-0.2, 0) is 17.8 Å². The molecular weight excluding hydrogens is 334 g/mol. The highest BCUT2D eigenvalue weighted by molar-refractivity contribution is 6.30. The monoisotopic (exact) mass is 357 g/mol. The molecule has 1 aromatic carbocycles. The van der Waals surface area contributed by atoms with E-state index in [-0.39, 0.29) is 5.91 Å². The van der Waals surface area contributed by atoms with Gasteiger partial charge < -0.3 is 10.2 Å². The van der Waals surface area contributed by atoms with Crippen molar-refractivity contribution in [1.82, 2.24) is 15.2 Å². The van der Waals surface area contributed by atoms with Crippen LogP contribution >= 0.6 is 11.6 Å². The van der Waals surface area contributed by atoms with E-state index >= 15 is 0 Å². The minimum atomic E-state index is 0.281. The van der Waals surface area contributed by atoms with E-state index in [1.54, 1.807) is 0 Å². The van der Waals surface area contributed by atoms with Gasteiger partial charge in [0.2, 0.25) is 5.91 Å². The summed E-state index contributed by atoms with van der Waals surface area (Å²) in [7, 11) is 0. The maximum absolute atomic E-state index is 12.2. The normalized spacial score (nSPS) is 17.2. The van der Waals surface area contributed by atoms with E-state index in [1.807, 2.05) is 48.7 Å². The Morgan fingerprint density at radius 2 is 2.04 bits per heavy atom. The van der Waals surface area contributed by atoms with Crippen LogP contribution in [0.15, 0.2) is 48.7 Å². The van der Waals surface area contributed by atoms with Crippen LogP contribution in [0.4, 0.5) is 0 Å². The zero-order valence-corrected chi connectivity index (χ0v) is 15.1. The van der Waals surface area contributed by atoms with E-state index in [4.69, 9.17) is 11.6 Å². The predicted octanol–water partition coefficient (Wildman–Crippen LogP) is 3.45. The first-order chi connectivity index (χ1) is 12.2. The second-order valence-electron chi connectivity index (χ2n) is 6.44. The Balaban J connectivity index is 1.44. The number of amides is 1. The minimum absolute atomic E-state index is 0.281. The van der Waals surface area contributed by atoms with E-state index in [1.165, 1.54) is 5.56 Å². The first kappa shape index (κ1) is 17.9. The average molecular weight is 358 g/mol. The third-order valence-electron chi connectivity index (χ3n) is 4.69. The number of halogens is 1. The van der Waals surface area contributed by atoms with Crippen LogP contribution in [0.2, 0.25) is 5.02 Å². The summed E-state index contributed by atoms with van der Waals surface area (Å²) >= 11 is 5.92. The molecule has 0 aliphatic carbocycles. The summed E-state index contributed by atoms with van der Waals surface area (Å²) in [5.41, 5.74) is 2.26. The van der Waals surface area contributed by atoms with Crippen LogP contribution in [-0.4, -0.2) is 34.9 Å². The Labute approximate surface area is 154 Å². The largest absolute Gasteiger partial charge is 0.339 e. The van der Waals surface area contributed by atoms with E-state index in [9.17, 15) is 4.79 Å². The molecule has 25 heavy (non-hydrogen) atoms. The molecule has 4 nitrogen and oxygen atoms in total. The predicted molar refractivity (Wildman–Crippen MR) is 100 cm³/mol. The number of rotatable bonds is 8. The molecule has 3 rings (SSSR count). The van der Waals surface area contributed by atoms with Gasteiger partial charge >= 0.3 is 0 Å². The van der Waals surface area contributed by atoms with Gasteiger partial charge in [-0.15, -0.1) is 0 Å². The minimum Gasteiger partial charge on any atom is -0.339 e. The number of hydrogen-bond donors (Lipinski definition) is 1. The molecule has 1 aliphatic heterocycles. The zero-order chi connectivity index (χ0) is 17.5. The Bertz CT molecular complexity index is 675. The van der Waals surface area contributed by atoms with Crippen molar-refractivity contribution < 1.29 is 4.79 Å². The van der Waals surface area contributed by atoms with E-state index in [2.05, 4.69) is 15.2 Å². The Morgan fingerprint density at radius 3 is 2.80 bits per heavy atom. The molecule has 1 fully saturated rings. The van der Waals surface area contributed by atoms with E-state index in [0.29, 0.717) is 12.5 Å². The number of nitrogens with zero attached hydrogens (tertiary/aromatic N) is 2. The van der Waals surface area contributed by atoms with Crippen molar-refractivity contribution in [2.75, 3.05) is 13.1 Å². The molecule has 1 unspecified atom stereocenters. The van der Waals surface area contributed by atoms with Crippen LogP contribution in [0.3, 0.4) is 0 Å². The van der Waals surface area contributed by atoms with Gasteiger partial charge in [-0.3, -0.25) is 9.78 Å². The molecule has 1 aromatic heterocycles. The number of nitrogens with one attached hydrogen (secondary N) is 1. The maximum atomic E-state index is 12.2.